The predicted molar refractivity (Wildman–Crippen MR) is 67.5 cm³/mol. The van der Waals surface area contributed by atoms with Gasteiger partial charge in [-0.25, -0.2) is 4.98 Å². The Balaban J connectivity index is 2.15. The van der Waals surface area contributed by atoms with Crippen LogP contribution in [0.25, 0.3) is 0 Å². The third-order valence-corrected chi connectivity index (χ3v) is 3.53. The summed E-state index contributed by atoms with van der Waals surface area (Å²) in [6, 6.07) is 4.86. The Morgan fingerprint density at radius 2 is 2.12 bits per heavy atom. The van der Waals surface area contributed by atoms with Crippen LogP contribution >= 0.6 is 0 Å². The summed E-state index contributed by atoms with van der Waals surface area (Å²) in [6.45, 7) is 2.01. The third-order valence-electron chi connectivity index (χ3n) is 3.53. The van der Waals surface area contributed by atoms with Crippen molar-refractivity contribution >= 4 is 5.82 Å². The fourth-order valence-electron chi connectivity index (χ4n) is 2.39. The van der Waals surface area contributed by atoms with Gasteiger partial charge in [0.25, 0.3) is 0 Å². The van der Waals surface area contributed by atoms with Gasteiger partial charge in [0.05, 0.1) is 0 Å². The van der Waals surface area contributed by atoms with E-state index in [1.54, 1.807) is 0 Å². The van der Waals surface area contributed by atoms with Crippen molar-refractivity contribution in [2.24, 2.45) is 5.73 Å². The number of hydrogen-bond acceptors (Lipinski definition) is 3. The van der Waals surface area contributed by atoms with Gasteiger partial charge in [0, 0.05) is 25.3 Å². The maximum absolute atomic E-state index is 5.89. The van der Waals surface area contributed by atoms with Gasteiger partial charge in [-0.15, -0.1) is 0 Å². The Kier molecular flexibility index (Phi) is 3.44. The Hall–Kier alpha value is -1.09. The number of hydrogen-bond donors (Lipinski definition) is 1. The zero-order chi connectivity index (χ0) is 11.5. The summed E-state index contributed by atoms with van der Waals surface area (Å²) in [5, 5.41) is 0. The molecule has 0 spiro atoms. The minimum Gasteiger partial charge on any atom is -0.357 e. The van der Waals surface area contributed by atoms with Crippen molar-refractivity contribution in [1.82, 2.24) is 4.98 Å². The number of aromatic nitrogens is 1. The standard InChI is InChI=1S/C13H21N3/c1-10(14)11-7-8-15-13(9-11)16(2)12-5-3-4-6-12/h7-10,12H,3-6,14H2,1-2H3. The first-order valence-corrected chi connectivity index (χ1v) is 6.13. The summed E-state index contributed by atoms with van der Waals surface area (Å²) < 4.78 is 0. The average Bonchev–Trinajstić information content (AvgIpc) is 2.81. The zero-order valence-electron chi connectivity index (χ0n) is 10.2. The summed E-state index contributed by atoms with van der Waals surface area (Å²) >= 11 is 0. The zero-order valence-corrected chi connectivity index (χ0v) is 10.2. The Labute approximate surface area is 97.7 Å². The molecule has 1 fully saturated rings. The fraction of sp³-hybridized carbons (Fsp3) is 0.615. The molecule has 0 bridgehead atoms. The highest BCUT2D eigenvalue weighted by Gasteiger charge is 2.20. The molecule has 1 saturated carbocycles. The number of nitrogens with zero attached hydrogens (tertiary/aromatic N) is 2. The van der Waals surface area contributed by atoms with Crippen molar-refractivity contribution < 1.29 is 0 Å². The van der Waals surface area contributed by atoms with Crippen LogP contribution in [0.5, 0.6) is 0 Å². The van der Waals surface area contributed by atoms with Gasteiger partial charge in [-0.05, 0) is 37.5 Å². The van der Waals surface area contributed by atoms with Gasteiger partial charge in [0.1, 0.15) is 5.82 Å². The molecule has 0 aromatic carbocycles. The molecule has 1 aliphatic carbocycles. The molecule has 2 rings (SSSR count). The molecule has 0 amide bonds. The van der Waals surface area contributed by atoms with Gasteiger partial charge in [-0.2, -0.15) is 0 Å². The van der Waals surface area contributed by atoms with Crippen LogP contribution in [-0.4, -0.2) is 18.1 Å². The molecule has 88 valence electrons. The van der Waals surface area contributed by atoms with Crippen LogP contribution in [0.4, 0.5) is 5.82 Å². The van der Waals surface area contributed by atoms with Gasteiger partial charge >= 0.3 is 0 Å². The molecule has 2 N–H and O–H groups in total. The third kappa shape index (κ3) is 2.35. The Morgan fingerprint density at radius 1 is 1.44 bits per heavy atom. The number of rotatable bonds is 3. The van der Waals surface area contributed by atoms with Crippen LogP contribution in [0.3, 0.4) is 0 Å². The SMILES string of the molecule is CC(N)c1ccnc(N(C)C2CCCC2)c1. The molecule has 1 unspecified atom stereocenters. The van der Waals surface area contributed by atoms with Crippen LogP contribution < -0.4 is 10.6 Å². The summed E-state index contributed by atoms with van der Waals surface area (Å²) in [5.74, 6) is 1.06. The van der Waals surface area contributed by atoms with Crippen LogP contribution in [0.1, 0.15) is 44.2 Å². The second-order valence-electron chi connectivity index (χ2n) is 4.79. The highest BCUT2D eigenvalue weighted by molar-refractivity contribution is 5.42. The van der Waals surface area contributed by atoms with E-state index in [1.165, 1.54) is 25.7 Å². The van der Waals surface area contributed by atoms with Gasteiger partial charge in [-0.3, -0.25) is 0 Å². The fourth-order valence-corrected chi connectivity index (χ4v) is 2.39. The summed E-state index contributed by atoms with van der Waals surface area (Å²) in [7, 11) is 2.14. The second-order valence-corrected chi connectivity index (χ2v) is 4.79. The molecule has 0 saturated heterocycles. The monoisotopic (exact) mass is 219 g/mol. The van der Waals surface area contributed by atoms with E-state index in [2.05, 4.69) is 23.0 Å². The predicted octanol–water partition coefficient (Wildman–Crippen LogP) is 2.48. The summed E-state index contributed by atoms with van der Waals surface area (Å²) in [5.41, 5.74) is 7.05. The normalized spacial score (nSPS) is 18.7. The molecule has 1 heterocycles. The number of nitrogens with two attached hydrogens (primary N) is 1. The van der Waals surface area contributed by atoms with Crippen molar-refractivity contribution in [3.05, 3.63) is 23.9 Å². The molecular weight excluding hydrogens is 198 g/mol. The molecule has 16 heavy (non-hydrogen) atoms. The molecule has 1 aromatic heterocycles. The van der Waals surface area contributed by atoms with Crippen LogP contribution in [0, 0.1) is 0 Å². The number of anilines is 1. The first-order valence-electron chi connectivity index (χ1n) is 6.13. The molecular formula is C13H21N3. The highest BCUT2D eigenvalue weighted by atomic mass is 15.2. The van der Waals surface area contributed by atoms with Crippen molar-refractivity contribution in [2.45, 2.75) is 44.7 Å². The molecule has 0 radical (unpaired) electrons. The molecule has 1 aliphatic rings. The quantitative estimate of drug-likeness (QED) is 0.849. The van der Waals surface area contributed by atoms with Gasteiger partial charge in [0.15, 0.2) is 0 Å². The lowest BCUT2D eigenvalue weighted by Crippen LogP contribution is -2.29. The van der Waals surface area contributed by atoms with Crippen molar-refractivity contribution in [3.63, 3.8) is 0 Å². The minimum absolute atomic E-state index is 0.0822. The first kappa shape index (κ1) is 11.4. The Morgan fingerprint density at radius 3 is 2.75 bits per heavy atom. The van der Waals surface area contributed by atoms with E-state index in [4.69, 9.17) is 5.73 Å². The smallest absolute Gasteiger partial charge is 0.128 e. The topological polar surface area (TPSA) is 42.1 Å². The van der Waals surface area contributed by atoms with E-state index in [1.807, 2.05) is 19.2 Å². The Bertz CT molecular complexity index is 343. The maximum atomic E-state index is 5.89. The molecule has 3 nitrogen and oxygen atoms in total. The number of pyridine rings is 1. The van der Waals surface area contributed by atoms with Gasteiger partial charge in [0.2, 0.25) is 0 Å². The molecule has 3 heteroatoms. The first-order chi connectivity index (χ1) is 7.68. The highest BCUT2D eigenvalue weighted by Crippen LogP contribution is 2.26. The van der Waals surface area contributed by atoms with Crippen molar-refractivity contribution in [3.8, 4) is 0 Å². The molecule has 1 atom stereocenters. The molecule has 0 aliphatic heterocycles. The lowest BCUT2D eigenvalue weighted by molar-refractivity contribution is 0.645. The molecule has 1 aromatic rings. The van der Waals surface area contributed by atoms with E-state index >= 15 is 0 Å². The van der Waals surface area contributed by atoms with Gasteiger partial charge < -0.3 is 10.6 Å². The van der Waals surface area contributed by atoms with E-state index in [0.717, 1.165) is 11.4 Å². The minimum atomic E-state index is 0.0822. The van der Waals surface area contributed by atoms with Crippen LogP contribution in [0.15, 0.2) is 18.3 Å². The van der Waals surface area contributed by atoms with E-state index in [9.17, 15) is 0 Å². The van der Waals surface area contributed by atoms with Crippen LogP contribution in [0.2, 0.25) is 0 Å². The van der Waals surface area contributed by atoms with Gasteiger partial charge in [-0.1, -0.05) is 12.8 Å². The average molecular weight is 219 g/mol. The lowest BCUT2D eigenvalue weighted by Gasteiger charge is -2.26. The lowest BCUT2D eigenvalue weighted by atomic mass is 10.1. The van der Waals surface area contributed by atoms with E-state index in [0.29, 0.717) is 6.04 Å². The van der Waals surface area contributed by atoms with Crippen LogP contribution in [-0.2, 0) is 0 Å². The van der Waals surface area contributed by atoms with Crippen molar-refractivity contribution in [2.75, 3.05) is 11.9 Å². The summed E-state index contributed by atoms with van der Waals surface area (Å²) in [4.78, 5) is 6.74. The largest absolute Gasteiger partial charge is 0.357 e. The van der Waals surface area contributed by atoms with E-state index in [-0.39, 0.29) is 6.04 Å². The van der Waals surface area contributed by atoms with Crippen molar-refractivity contribution in [1.29, 1.82) is 0 Å². The maximum Gasteiger partial charge on any atom is 0.128 e. The summed E-state index contributed by atoms with van der Waals surface area (Å²) in [6.07, 6.45) is 7.14. The van der Waals surface area contributed by atoms with E-state index < -0.39 is 0 Å². The second kappa shape index (κ2) is 4.83.